The normalized spacial score (nSPS) is 15.9. The lowest BCUT2D eigenvalue weighted by atomic mass is 9.95. The summed E-state index contributed by atoms with van der Waals surface area (Å²) in [4.78, 5) is 4.33. The third-order valence-electron chi connectivity index (χ3n) is 4.14. The van der Waals surface area contributed by atoms with Crippen LogP contribution in [0.4, 0.5) is 0 Å². The summed E-state index contributed by atoms with van der Waals surface area (Å²) in [6.45, 7) is 5.07. The van der Waals surface area contributed by atoms with Crippen molar-refractivity contribution < 1.29 is 9.26 Å². The molecule has 0 spiro atoms. The summed E-state index contributed by atoms with van der Waals surface area (Å²) in [6.07, 6.45) is 4.44. The van der Waals surface area contributed by atoms with Crippen molar-refractivity contribution in [3.8, 4) is 17.2 Å². The maximum atomic E-state index is 5.84. The van der Waals surface area contributed by atoms with Gasteiger partial charge in [0.25, 0.3) is 5.89 Å². The second-order valence-electron chi connectivity index (χ2n) is 5.72. The first kappa shape index (κ1) is 15.0. The van der Waals surface area contributed by atoms with Crippen LogP contribution in [0.15, 0.2) is 28.8 Å². The van der Waals surface area contributed by atoms with E-state index in [-0.39, 0.29) is 0 Å². The van der Waals surface area contributed by atoms with Crippen LogP contribution in [0.25, 0.3) is 11.5 Å². The summed E-state index contributed by atoms with van der Waals surface area (Å²) in [6, 6.07) is 7.86. The summed E-state index contributed by atoms with van der Waals surface area (Å²) in [5.74, 6) is 3.00. The molecule has 1 aliphatic heterocycles. The Bertz CT molecular complexity index is 574. The molecule has 118 valence electrons. The molecule has 0 amide bonds. The molecule has 1 aromatic carbocycles. The van der Waals surface area contributed by atoms with Crippen LogP contribution >= 0.6 is 0 Å². The number of aromatic nitrogens is 2. The zero-order chi connectivity index (χ0) is 15.2. The highest BCUT2D eigenvalue weighted by Gasteiger charge is 2.13. The van der Waals surface area contributed by atoms with E-state index in [4.69, 9.17) is 9.26 Å². The van der Waals surface area contributed by atoms with Crippen LogP contribution in [0.2, 0.25) is 0 Å². The number of benzene rings is 1. The van der Waals surface area contributed by atoms with Gasteiger partial charge in [0.2, 0.25) is 0 Å². The van der Waals surface area contributed by atoms with Gasteiger partial charge in [0.05, 0.1) is 6.61 Å². The van der Waals surface area contributed by atoms with Crippen molar-refractivity contribution in [1.29, 1.82) is 0 Å². The number of aryl methyl sites for hydroxylation is 1. The van der Waals surface area contributed by atoms with Gasteiger partial charge in [0.1, 0.15) is 5.75 Å². The van der Waals surface area contributed by atoms with Crippen LogP contribution in [0.5, 0.6) is 5.75 Å². The first-order chi connectivity index (χ1) is 10.8. The predicted octanol–water partition coefficient (Wildman–Crippen LogP) is 3.07. The van der Waals surface area contributed by atoms with Gasteiger partial charge < -0.3 is 14.6 Å². The van der Waals surface area contributed by atoms with Gasteiger partial charge >= 0.3 is 0 Å². The fourth-order valence-electron chi connectivity index (χ4n) is 2.72. The maximum absolute atomic E-state index is 5.84. The molecule has 0 unspecified atom stereocenters. The van der Waals surface area contributed by atoms with Crippen molar-refractivity contribution in [1.82, 2.24) is 15.5 Å². The molecular weight excluding hydrogens is 278 g/mol. The van der Waals surface area contributed by atoms with E-state index in [9.17, 15) is 0 Å². The molecule has 3 rings (SSSR count). The van der Waals surface area contributed by atoms with Crippen molar-refractivity contribution in [3.63, 3.8) is 0 Å². The molecule has 0 radical (unpaired) electrons. The molecule has 2 aromatic rings. The minimum absolute atomic E-state index is 0.568. The van der Waals surface area contributed by atoms with Gasteiger partial charge in [-0.1, -0.05) is 12.1 Å². The van der Waals surface area contributed by atoms with Crippen molar-refractivity contribution in [2.24, 2.45) is 5.92 Å². The van der Waals surface area contributed by atoms with Gasteiger partial charge in [0.15, 0.2) is 5.82 Å². The van der Waals surface area contributed by atoms with Crippen molar-refractivity contribution in [2.75, 3.05) is 19.7 Å². The fraction of sp³-hybridized carbons (Fsp3) is 0.529. The van der Waals surface area contributed by atoms with E-state index >= 15 is 0 Å². The molecule has 1 aliphatic rings. The van der Waals surface area contributed by atoms with Gasteiger partial charge in [-0.3, -0.25) is 0 Å². The Morgan fingerprint density at radius 1 is 1.23 bits per heavy atom. The summed E-state index contributed by atoms with van der Waals surface area (Å²) >= 11 is 0. The van der Waals surface area contributed by atoms with E-state index in [1.807, 2.05) is 31.2 Å². The highest BCUT2D eigenvalue weighted by atomic mass is 16.5. The highest BCUT2D eigenvalue weighted by Crippen LogP contribution is 2.22. The lowest BCUT2D eigenvalue weighted by Crippen LogP contribution is -2.28. The first-order valence-corrected chi connectivity index (χ1v) is 8.11. The molecule has 1 fully saturated rings. The van der Waals surface area contributed by atoms with Gasteiger partial charge in [-0.05, 0) is 62.5 Å². The van der Waals surface area contributed by atoms with E-state index in [0.717, 1.165) is 55.6 Å². The Labute approximate surface area is 131 Å². The number of nitrogens with one attached hydrogen (secondary N) is 1. The zero-order valence-electron chi connectivity index (χ0n) is 13.0. The maximum Gasteiger partial charge on any atom is 0.257 e. The van der Waals surface area contributed by atoms with E-state index < -0.39 is 0 Å². The van der Waals surface area contributed by atoms with Crippen LogP contribution in [0, 0.1) is 5.92 Å². The molecule has 5 heteroatoms. The lowest BCUT2D eigenvalue weighted by molar-refractivity contribution is 0.252. The number of hydrogen-bond acceptors (Lipinski definition) is 5. The third kappa shape index (κ3) is 3.85. The molecule has 0 aliphatic carbocycles. The number of nitrogens with zero attached hydrogens (tertiary/aromatic N) is 2. The minimum atomic E-state index is 0.568. The quantitative estimate of drug-likeness (QED) is 0.888. The Morgan fingerprint density at radius 3 is 2.68 bits per heavy atom. The van der Waals surface area contributed by atoms with E-state index in [2.05, 4.69) is 15.5 Å². The van der Waals surface area contributed by atoms with E-state index in [1.165, 1.54) is 12.8 Å². The van der Waals surface area contributed by atoms with Crippen LogP contribution in [0.1, 0.15) is 32.0 Å². The van der Waals surface area contributed by atoms with E-state index in [0.29, 0.717) is 5.89 Å². The summed E-state index contributed by atoms with van der Waals surface area (Å²) in [5.41, 5.74) is 0.929. The number of ether oxygens (including phenoxy) is 1. The van der Waals surface area contributed by atoms with Crippen LogP contribution in [-0.4, -0.2) is 29.8 Å². The third-order valence-corrected chi connectivity index (χ3v) is 4.14. The smallest absolute Gasteiger partial charge is 0.257 e. The molecule has 1 N–H and O–H groups in total. The highest BCUT2D eigenvalue weighted by molar-refractivity contribution is 5.54. The molecule has 1 aromatic heterocycles. The number of hydrogen-bond donors (Lipinski definition) is 1. The minimum Gasteiger partial charge on any atom is -0.494 e. The molecule has 0 saturated carbocycles. The fourth-order valence-corrected chi connectivity index (χ4v) is 2.72. The second kappa shape index (κ2) is 7.40. The molecule has 2 heterocycles. The van der Waals surface area contributed by atoms with Gasteiger partial charge in [-0.15, -0.1) is 0 Å². The Kier molecular flexibility index (Phi) is 5.06. The second-order valence-corrected chi connectivity index (χ2v) is 5.72. The lowest BCUT2D eigenvalue weighted by Gasteiger charge is -2.22. The standard InChI is InChI=1S/C17H23N3O2/c1-2-16-19-17(22-20-16)14-3-5-15(6-4-14)21-12-9-13-7-10-18-11-8-13/h3-6,13,18H,2,7-12H2,1H3. The Hall–Kier alpha value is -1.88. The Morgan fingerprint density at radius 2 is 2.00 bits per heavy atom. The van der Waals surface area contributed by atoms with Gasteiger partial charge in [-0.25, -0.2) is 0 Å². The SMILES string of the molecule is CCc1noc(-c2ccc(OCCC3CCNCC3)cc2)n1. The van der Waals surface area contributed by atoms with Crippen LogP contribution in [-0.2, 0) is 6.42 Å². The van der Waals surface area contributed by atoms with Crippen molar-refractivity contribution >= 4 is 0 Å². The van der Waals surface area contributed by atoms with Crippen LogP contribution in [0.3, 0.4) is 0 Å². The molecule has 22 heavy (non-hydrogen) atoms. The number of rotatable bonds is 6. The summed E-state index contributed by atoms with van der Waals surface area (Å²) < 4.78 is 11.1. The van der Waals surface area contributed by atoms with Gasteiger partial charge in [0, 0.05) is 12.0 Å². The van der Waals surface area contributed by atoms with Gasteiger partial charge in [-0.2, -0.15) is 4.98 Å². The molecule has 1 saturated heterocycles. The topological polar surface area (TPSA) is 60.2 Å². The molecule has 0 bridgehead atoms. The monoisotopic (exact) mass is 301 g/mol. The average molecular weight is 301 g/mol. The average Bonchev–Trinajstić information content (AvgIpc) is 3.06. The predicted molar refractivity (Wildman–Crippen MR) is 84.8 cm³/mol. The summed E-state index contributed by atoms with van der Waals surface area (Å²) in [5, 5.41) is 7.30. The molecular formula is C17H23N3O2. The Balaban J connectivity index is 1.50. The van der Waals surface area contributed by atoms with E-state index in [1.54, 1.807) is 0 Å². The van der Waals surface area contributed by atoms with Crippen LogP contribution < -0.4 is 10.1 Å². The first-order valence-electron chi connectivity index (χ1n) is 8.11. The molecule has 0 atom stereocenters. The zero-order valence-corrected chi connectivity index (χ0v) is 13.0. The number of piperidine rings is 1. The van der Waals surface area contributed by atoms with Crippen molar-refractivity contribution in [2.45, 2.75) is 32.6 Å². The largest absolute Gasteiger partial charge is 0.494 e. The molecule has 5 nitrogen and oxygen atoms in total. The van der Waals surface area contributed by atoms with Crippen molar-refractivity contribution in [3.05, 3.63) is 30.1 Å². The summed E-state index contributed by atoms with van der Waals surface area (Å²) in [7, 11) is 0.